The number of rotatable bonds is 9. The van der Waals surface area contributed by atoms with Crippen molar-refractivity contribution in [3.8, 4) is 5.75 Å². The minimum absolute atomic E-state index is 0.0307. The van der Waals surface area contributed by atoms with Gasteiger partial charge in [0.1, 0.15) is 5.75 Å². The van der Waals surface area contributed by atoms with Gasteiger partial charge in [-0.05, 0) is 55.3 Å². The summed E-state index contributed by atoms with van der Waals surface area (Å²) in [5, 5.41) is 2.64. The lowest BCUT2D eigenvalue weighted by Gasteiger charge is -2.16. The zero-order valence-electron chi connectivity index (χ0n) is 18.0. The van der Waals surface area contributed by atoms with E-state index >= 15 is 0 Å². The molecule has 2 N–H and O–H groups in total. The van der Waals surface area contributed by atoms with Gasteiger partial charge in [0.15, 0.2) is 0 Å². The van der Waals surface area contributed by atoms with Crippen LogP contribution in [0.3, 0.4) is 0 Å². The molecule has 0 spiro atoms. The number of methoxy groups -OCH3 is 1. The summed E-state index contributed by atoms with van der Waals surface area (Å²) in [6.45, 7) is 3.29. The molecule has 2 aromatic carbocycles. The maximum atomic E-state index is 12.6. The summed E-state index contributed by atoms with van der Waals surface area (Å²) in [6, 6.07) is 9.49. The first-order valence-electron chi connectivity index (χ1n) is 9.34. The van der Waals surface area contributed by atoms with Gasteiger partial charge in [-0.2, -0.15) is 4.72 Å². The normalized spacial score (nSPS) is 13.1. The van der Waals surface area contributed by atoms with Crippen molar-refractivity contribution in [1.29, 1.82) is 0 Å². The van der Waals surface area contributed by atoms with Gasteiger partial charge < -0.3 is 10.1 Å². The van der Waals surface area contributed by atoms with Crippen molar-refractivity contribution < 1.29 is 26.4 Å². The number of carbonyl (C=O) groups excluding carboxylic acids is 1. The van der Waals surface area contributed by atoms with Crippen LogP contribution in [0, 0.1) is 6.92 Å². The molecule has 0 heterocycles. The highest BCUT2D eigenvalue weighted by Crippen LogP contribution is 2.21. The highest BCUT2D eigenvalue weighted by atomic mass is 32.2. The van der Waals surface area contributed by atoms with E-state index in [1.165, 1.54) is 52.4 Å². The number of hydrogen-bond donors (Lipinski definition) is 2. The lowest BCUT2D eigenvalue weighted by molar-refractivity contribution is -0.122. The molecular weight excluding hydrogens is 442 g/mol. The van der Waals surface area contributed by atoms with Crippen LogP contribution in [0.15, 0.2) is 52.3 Å². The van der Waals surface area contributed by atoms with Crippen molar-refractivity contribution >= 4 is 26.0 Å². The van der Waals surface area contributed by atoms with Gasteiger partial charge in [0.2, 0.25) is 26.0 Å². The van der Waals surface area contributed by atoms with Crippen LogP contribution >= 0.6 is 0 Å². The Morgan fingerprint density at radius 2 is 1.61 bits per heavy atom. The molecule has 2 rings (SSSR count). The van der Waals surface area contributed by atoms with Gasteiger partial charge in [0.25, 0.3) is 0 Å². The Hall–Kier alpha value is -2.47. The van der Waals surface area contributed by atoms with Crippen LogP contribution in [0.5, 0.6) is 5.75 Å². The number of hydrogen-bond acceptors (Lipinski definition) is 6. The first kappa shape index (κ1) is 24.8. The predicted octanol–water partition coefficient (Wildman–Crippen LogP) is 1.24. The van der Waals surface area contributed by atoms with Gasteiger partial charge in [-0.3, -0.25) is 4.79 Å². The van der Waals surface area contributed by atoms with Crippen LogP contribution in [0.2, 0.25) is 0 Å². The van der Waals surface area contributed by atoms with Gasteiger partial charge >= 0.3 is 0 Å². The summed E-state index contributed by atoms with van der Waals surface area (Å²) in [6.07, 6.45) is 0. The van der Waals surface area contributed by atoms with Crippen molar-refractivity contribution in [1.82, 2.24) is 14.3 Å². The third-order valence-corrected chi connectivity index (χ3v) is 7.94. The third-order valence-electron chi connectivity index (χ3n) is 4.57. The summed E-state index contributed by atoms with van der Waals surface area (Å²) in [5.41, 5.74) is 1.33. The molecule has 1 atom stereocenters. The van der Waals surface area contributed by atoms with Gasteiger partial charge in [0, 0.05) is 20.6 Å². The molecule has 0 aromatic heterocycles. The fourth-order valence-corrected chi connectivity index (χ4v) is 4.89. The van der Waals surface area contributed by atoms with E-state index < -0.39 is 32.0 Å². The maximum absolute atomic E-state index is 12.6. The molecule has 1 unspecified atom stereocenters. The molecule has 0 radical (unpaired) electrons. The summed E-state index contributed by atoms with van der Waals surface area (Å²) in [7, 11) is -3.05. The number of ether oxygens (including phenoxy) is 1. The van der Waals surface area contributed by atoms with Crippen LogP contribution in [-0.2, 0) is 31.4 Å². The number of benzene rings is 2. The van der Waals surface area contributed by atoms with Crippen molar-refractivity contribution in [3.05, 3.63) is 53.6 Å². The van der Waals surface area contributed by atoms with Gasteiger partial charge in [-0.15, -0.1) is 0 Å². The summed E-state index contributed by atoms with van der Waals surface area (Å²) in [5.74, 6) is 0.0490. The Labute approximate surface area is 183 Å². The quantitative estimate of drug-likeness (QED) is 0.570. The van der Waals surface area contributed by atoms with Crippen LogP contribution in [0.4, 0.5) is 0 Å². The van der Waals surface area contributed by atoms with Crippen molar-refractivity contribution in [2.24, 2.45) is 0 Å². The molecule has 0 aliphatic heterocycles. The topological polar surface area (TPSA) is 122 Å². The fourth-order valence-electron chi connectivity index (χ4n) is 2.70. The van der Waals surface area contributed by atoms with E-state index in [0.29, 0.717) is 16.9 Å². The van der Waals surface area contributed by atoms with E-state index in [1.54, 1.807) is 25.1 Å². The van der Waals surface area contributed by atoms with Gasteiger partial charge in [-0.25, -0.2) is 21.1 Å². The van der Waals surface area contributed by atoms with E-state index in [2.05, 4.69) is 10.0 Å². The molecule has 0 saturated heterocycles. The predicted molar refractivity (Wildman–Crippen MR) is 117 cm³/mol. The second-order valence-corrected chi connectivity index (χ2v) is 11.0. The molecule has 1 amide bonds. The Morgan fingerprint density at radius 1 is 1.03 bits per heavy atom. The smallest absolute Gasteiger partial charge is 0.242 e. The van der Waals surface area contributed by atoms with Crippen molar-refractivity contribution in [2.75, 3.05) is 21.2 Å². The molecule has 0 aliphatic rings. The van der Waals surface area contributed by atoms with Crippen molar-refractivity contribution in [2.45, 2.75) is 36.2 Å². The largest absolute Gasteiger partial charge is 0.496 e. The minimum Gasteiger partial charge on any atom is -0.496 e. The Kier molecular flexibility index (Phi) is 7.82. The zero-order chi connectivity index (χ0) is 23.4. The fraction of sp³-hybridized carbons (Fsp3) is 0.350. The third kappa shape index (κ3) is 6.03. The summed E-state index contributed by atoms with van der Waals surface area (Å²) < 4.78 is 57.9. The van der Waals surface area contributed by atoms with E-state index in [-0.39, 0.29) is 16.3 Å². The lowest BCUT2D eigenvalue weighted by Crippen LogP contribution is -2.44. The monoisotopic (exact) mass is 469 g/mol. The number of amides is 1. The van der Waals surface area contributed by atoms with E-state index in [4.69, 9.17) is 4.74 Å². The van der Waals surface area contributed by atoms with Gasteiger partial charge in [-0.1, -0.05) is 12.1 Å². The van der Waals surface area contributed by atoms with E-state index in [1.807, 2.05) is 0 Å². The Balaban J connectivity index is 2.00. The summed E-state index contributed by atoms with van der Waals surface area (Å²) in [4.78, 5) is 12.5. The molecule has 0 aliphatic carbocycles. The van der Waals surface area contributed by atoms with Crippen LogP contribution in [0.1, 0.15) is 18.1 Å². The molecule has 31 heavy (non-hydrogen) atoms. The molecule has 9 nitrogen and oxygen atoms in total. The molecule has 0 bridgehead atoms. The average molecular weight is 470 g/mol. The Bertz CT molecular complexity index is 1140. The lowest BCUT2D eigenvalue weighted by atomic mass is 10.2. The number of aryl methyl sites for hydroxylation is 1. The molecule has 2 aromatic rings. The number of nitrogens with one attached hydrogen (secondary N) is 2. The van der Waals surface area contributed by atoms with Crippen molar-refractivity contribution in [3.63, 3.8) is 0 Å². The van der Waals surface area contributed by atoms with E-state index in [0.717, 1.165) is 4.31 Å². The maximum Gasteiger partial charge on any atom is 0.242 e. The standard InChI is InChI=1S/C20H27N3O6S2/c1-14-12-18(10-11-19(14)29-5)30(25,26)22-15(2)20(24)21-13-16-6-8-17(9-7-16)31(27,28)23(3)4/h6-12,15,22H,13H2,1-5H3,(H,21,24). The molecule has 170 valence electrons. The zero-order valence-corrected chi connectivity index (χ0v) is 19.7. The SMILES string of the molecule is COc1ccc(S(=O)(=O)NC(C)C(=O)NCc2ccc(S(=O)(=O)N(C)C)cc2)cc1C. The van der Waals surface area contributed by atoms with Crippen LogP contribution < -0.4 is 14.8 Å². The van der Waals surface area contributed by atoms with Crippen LogP contribution in [-0.4, -0.2) is 54.3 Å². The number of sulfonamides is 2. The van der Waals surface area contributed by atoms with Gasteiger partial charge in [0.05, 0.1) is 22.9 Å². The molecule has 0 saturated carbocycles. The Morgan fingerprint density at radius 3 is 2.13 bits per heavy atom. The number of carbonyl (C=O) groups is 1. The number of nitrogens with zero attached hydrogens (tertiary/aromatic N) is 1. The second kappa shape index (κ2) is 9.77. The molecule has 0 fully saturated rings. The highest BCUT2D eigenvalue weighted by Gasteiger charge is 2.23. The second-order valence-electron chi connectivity index (χ2n) is 7.12. The average Bonchev–Trinajstić information content (AvgIpc) is 2.71. The first-order valence-corrected chi connectivity index (χ1v) is 12.3. The highest BCUT2D eigenvalue weighted by molar-refractivity contribution is 7.89. The van der Waals surface area contributed by atoms with E-state index in [9.17, 15) is 21.6 Å². The minimum atomic E-state index is -3.90. The summed E-state index contributed by atoms with van der Waals surface area (Å²) >= 11 is 0. The van der Waals surface area contributed by atoms with Crippen LogP contribution in [0.25, 0.3) is 0 Å². The molecule has 11 heteroatoms. The first-order chi connectivity index (χ1) is 14.4. The molecular formula is C20H27N3O6S2.